The lowest BCUT2D eigenvalue weighted by Crippen LogP contribution is -2.32. The molecule has 1 aromatic carbocycles. The molecule has 0 fully saturated rings. The van der Waals surface area contributed by atoms with Gasteiger partial charge in [0.25, 0.3) is 5.91 Å². The van der Waals surface area contributed by atoms with Crippen molar-refractivity contribution in [1.29, 1.82) is 0 Å². The molecule has 8 heteroatoms. The van der Waals surface area contributed by atoms with Crippen molar-refractivity contribution in [2.24, 2.45) is 0 Å². The Morgan fingerprint density at radius 3 is 2.79 bits per heavy atom. The first-order valence-corrected chi connectivity index (χ1v) is 8.21. The number of nitrogens with zero attached hydrogens (tertiary/aromatic N) is 1. The quantitative estimate of drug-likeness (QED) is 0.576. The number of aliphatic hydroxyl groups excluding tert-OH is 1. The topological polar surface area (TPSA) is 74.2 Å². The highest BCUT2D eigenvalue weighted by molar-refractivity contribution is 14.1. The number of anilines is 2. The molecule has 1 amide bonds. The van der Waals surface area contributed by atoms with Crippen LogP contribution in [0, 0.1) is 9.39 Å². The van der Waals surface area contributed by atoms with Crippen LogP contribution in [-0.2, 0) is 0 Å². The molecule has 0 radical (unpaired) electrons. The first-order valence-electron chi connectivity index (χ1n) is 7.13. The van der Waals surface area contributed by atoms with Crippen LogP contribution in [0.4, 0.5) is 15.8 Å². The maximum Gasteiger partial charge on any atom is 0.253 e. The van der Waals surface area contributed by atoms with Crippen LogP contribution in [0.25, 0.3) is 0 Å². The first kappa shape index (κ1) is 20.7. The molecule has 1 aromatic heterocycles. The summed E-state index contributed by atoms with van der Waals surface area (Å²) in [7, 11) is 0. The lowest BCUT2D eigenvalue weighted by molar-refractivity contribution is 0.0914. The third-order valence-electron chi connectivity index (χ3n) is 3.24. The van der Waals surface area contributed by atoms with E-state index in [4.69, 9.17) is 0 Å². The van der Waals surface area contributed by atoms with Crippen molar-refractivity contribution in [3.8, 4) is 0 Å². The van der Waals surface area contributed by atoms with Crippen molar-refractivity contribution < 1.29 is 14.3 Å². The molecule has 0 bridgehead atoms. The zero-order valence-electron chi connectivity index (χ0n) is 13.0. The lowest BCUT2D eigenvalue weighted by Gasteiger charge is -2.14. The number of aromatic nitrogens is 1. The number of halogens is 2. The van der Waals surface area contributed by atoms with Gasteiger partial charge in [0.2, 0.25) is 0 Å². The second-order valence-electron chi connectivity index (χ2n) is 4.94. The smallest absolute Gasteiger partial charge is 0.253 e. The van der Waals surface area contributed by atoms with Gasteiger partial charge in [-0.2, -0.15) is 13.5 Å². The summed E-state index contributed by atoms with van der Waals surface area (Å²) < 4.78 is 14.7. The molecule has 0 aliphatic rings. The van der Waals surface area contributed by atoms with E-state index >= 15 is 0 Å². The van der Waals surface area contributed by atoms with Gasteiger partial charge in [-0.3, -0.25) is 9.78 Å². The van der Waals surface area contributed by atoms with E-state index in [2.05, 4.69) is 15.6 Å². The molecule has 3 N–H and O–H groups in total. The Morgan fingerprint density at radius 1 is 1.38 bits per heavy atom. The molecule has 2 aromatic rings. The van der Waals surface area contributed by atoms with Crippen LogP contribution in [0.5, 0.6) is 0 Å². The van der Waals surface area contributed by atoms with Gasteiger partial charge in [-0.25, -0.2) is 4.39 Å². The zero-order valence-corrected chi connectivity index (χ0v) is 16.2. The number of rotatable bonds is 6. The van der Waals surface area contributed by atoms with Gasteiger partial charge in [0.1, 0.15) is 5.82 Å². The Bertz CT molecular complexity index is 703. The van der Waals surface area contributed by atoms with Crippen molar-refractivity contribution >= 4 is 53.4 Å². The molecule has 1 atom stereocenters. The van der Waals surface area contributed by atoms with Crippen molar-refractivity contribution in [1.82, 2.24) is 10.3 Å². The molecule has 1 heterocycles. The molecule has 5 nitrogen and oxygen atoms in total. The van der Waals surface area contributed by atoms with Crippen LogP contribution < -0.4 is 10.6 Å². The van der Waals surface area contributed by atoms with Crippen molar-refractivity contribution in [3.05, 3.63) is 51.6 Å². The minimum atomic E-state index is -0.592. The summed E-state index contributed by atoms with van der Waals surface area (Å²) in [6.45, 7) is 1.99. The maximum atomic E-state index is 13.9. The SMILES string of the molecule is CC[C@@H](O)CNC(=O)c1ccncc1Nc1ccc(I)cc1F.S. The van der Waals surface area contributed by atoms with Crippen molar-refractivity contribution in [3.63, 3.8) is 0 Å². The fraction of sp³-hybridized carbons (Fsp3) is 0.250. The van der Waals surface area contributed by atoms with Gasteiger partial charge in [-0.1, -0.05) is 6.92 Å². The van der Waals surface area contributed by atoms with Crippen LogP contribution in [0.2, 0.25) is 0 Å². The summed E-state index contributed by atoms with van der Waals surface area (Å²) in [6, 6.07) is 6.31. The van der Waals surface area contributed by atoms with Crippen LogP contribution in [0.15, 0.2) is 36.7 Å². The van der Waals surface area contributed by atoms with Gasteiger partial charge in [0, 0.05) is 16.3 Å². The van der Waals surface area contributed by atoms with Crippen molar-refractivity contribution in [2.75, 3.05) is 11.9 Å². The molecular formula is C16H19FIN3O2S. The summed E-state index contributed by atoms with van der Waals surface area (Å²) in [6.07, 6.45) is 2.91. The van der Waals surface area contributed by atoms with E-state index in [1.54, 1.807) is 18.2 Å². The predicted octanol–water partition coefficient (Wildman–Crippen LogP) is 3.18. The Kier molecular flexibility index (Phi) is 8.43. The van der Waals surface area contributed by atoms with E-state index < -0.39 is 11.9 Å². The summed E-state index contributed by atoms with van der Waals surface area (Å²) in [4.78, 5) is 16.2. The van der Waals surface area contributed by atoms with E-state index in [0.717, 1.165) is 3.57 Å². The average molecular weight is 463 g/mol. The number of amides is 1. The molecule has 0 saturated carbocycles. The molecule has 0 aliphatic carbocycles. The Labute approximate surface area is 160 Å². The van der Waals surface area contributed by atoms with E-state index in [1.807, 2.05) is 29.5 Å². The number of carbonyl (C=O) groups excluding carboxylic acids is 1. The largest absolute Gasteiger partial charge is 0.391 e. The van der Waals surface area contributed by atoms with Crippen LogP contribution in [0.1, 0.15) is 23.7 Å². The highest BCUT2D eigenvalue weighted by Gasteiger charge is 2.14. The molecule has 0 aliphatic heterocycles. The number of aliphatic hydroxyl groups is 1. The summed E-state index contributed by atoms with van der Waals surface area (Å²) in [5.74, 6) is -0.762. The molecule has 130 valence electrons. The minimum Gasteiger partial charge on any atom is -0.391 e. The summed E-state index contributed by atoms with van der Waals surface area (Å²) >= 11 is 2.02. The fourth-order valence-corrected chi connectivity index (χ4v) is 2.33. The number of pyridine rings is 1. The number of hydrogen-bond donors (Lipinski definition) is 3. The molecule has 2 rings (SSSR count). The van der Waals surface area contributed by atoms with Crippen molar-refractivity contribution in [2.45, 2.75) is 19.4 Å². The van der Waals surface area contributed by atoms with Gasteiger partial charge in [0.05, 0.1) is 29.2 Å². The van der Waals surface area contributed by atoms with Gasteiger partial charge in [-0.15, -0.1) is 0 Å². The molecular weight excluding hydrogens is 444 g/mol. The lowest BCUT2D eigenvalue weighted by atomic mass is 10.2. The fourth-order valence-electron chi connectivity index (χ4n) is 1.88. The van der Waals surface area contributed by atoms with E-state index in [-0.39, 0.29) is 31.6 Å². The molecule has 0 spiro atoms. The van der Waals surface area contributed by atoms with Crippen LogP contribution in [-0.4, -0.2) is 28.6 Å². The standard InChI is InChI=1S/C16H17FIN3O2.H2S/c1-2-11(22)8-20-16(23)12-5-6-19-9-15(12)21-14-4-3-10(18)7-13(14)17;/h3-7,9,11,21-22H,2,8H2,1H3,(H,20,23);1H2/t11-;/m1./s1. The minimum absolute atomic E-state index is 0. The number of nitrogens with one attached hydrogen (secondary N) is 2. The van der Waals surface area contributed by atoms with E-state index in [1.165, 1.54) is 18.5 Å². The Morgan fingerprint density at radius 2 is 2.12 bits per heavy atom. The summed E-state index contributed by atoms with van der Waals surface area (Å²) in [5, 5.41) is 15.1. The maximum absolute atomic E-state index is 13.9. The molecule has 0 saturated heterocycles. The first-order chi connectivity index (χ1) is 11.0. The van der Waals surface area contributed by atoms with Crippen LogP contribution >= 0.6 is 36.1 Å². The normalized spacial score (nSPS) is 11.3. The predicted molar refractivity (Wildman–Crippen MR) is 106 cm³/mol. The highest BCUT2D eigenvalue weighted by Crippen LogP contribution is 2.23. The van der Waals surface area contributed by atoms with E-state index in [9.17, 15) is 14.3 Å². The van der Waals surface area contributed by atoms with Gasteiger partial charge < -0.3 is 15.7 Å². The third-order valence-corrected chi connectivity index (χ3v) is 3.91. The van der Waals surface area contributed by atoms with Gasteiger partial charge in [0.15, 0.2) is 0 Å². The van der Waals surface area contributed by atoms with Gasteiger partial charge in [-0.05, 0) is 53.3 Å². The summed E-state index contributed by atoms with van der Waals surface area (Å²) in [5.41, 5.74) is 0.999. The monoisotopic (exact) mass is 463 g/mol. The van der Waals surface area contributed by atoms with E-state index in [0.29, 0.717) is 17.7 Å². The number of benzene rings is 1. The molecule has 24 heavy (non-hydrogen) atoms. The third kappa shape index (κ3) is 5.60. The van der Waals surface area contributed by atoms with Crippen LogP contribution in [0.3, 0.4) is 0 Å². The second kappa shape index (κ2) is 9.80. The Balaban J connectivity index is 0.00000288. The number of hydrogen-bond acceptors (Lipinski definition) is 4. The van der Waals surface area contributed by atoms with Gasteiger partial charge >= 0.3 is 0 Å². The Hall–Kier alpha value is -1.39. The average Bonchev–Trinajstić information content (AvgIpc) is 2.55. The number of carbonyl (C=O) groups is 1. The second-order valence-corrected chi connectivity index (χ2v) is 6.19. The zero-order chi connectivity index (χ0) is 16.8. The highest BCUT2D eigenvalue weighted by atomic mass is 127. The molecule has 0 unspecified atom stereocenters.